The van der Waals surface area contributed by atoms with E-state index in [9.17, 15) is 14.4 Å². The Morgan fingerprint density at radius 1 is 0.247 bits per heavy atom. The number of carbonyl (C=O) groups is 3. The average molecular weight is 1120 g/mol. The lowest BCUT2D eigenvalue weighted by Gasteiger charge is -2.18. The van der Waals surface area contributed by atoms with Gasteiger partial charge in [-0.3, -0.25) is 14.4 Å². The van der Waals surface area contributed by atoms with Crippen LogP contribution in [-0.2, 0) is 28.6 Å². The molecule has 6 heteroatoms. The molecule has 0 amide bonds. The van der Waals surface area contributed by atoms with Crippen molar-refractivity contribution in [3.8, 4) is 0 Å². The Morgan fingerprint density at radius 3 is 0.765 bits per heavy atom. The maximum Gasteiger partial charge on any atom is 0.306 e. The molecule has 0 N–H and O–H groups in total. The maximum absolute atomic E-state index is 12.9. The van der Waals surface area contributed by atoms with Crippen molar-refractivity contribution in [1.29, 1.82) is 0 Å². The van der Waals surface area contributed by atoms with Crippen LogP contribution in [0.3, 0.4) is 0 Å². The van der Waals surface area contributed by atoms with Gasteiger partial charge in [-0.2, -0.15) is 0 Å². The van der Waals surface area contributed by atoms with Gasteiger partial charge in [0.1, 0.15) is 13.2 Å². The molecule has 1 atom stereocenters. The topological polar surface area (TPSA) is 78.9 Å². The summed E-state index contributed by atoms with van der Waals surface area (Å²) in [6, 6.07) is 0. The molecule has 458 valence electrons. The number of unbranched alkanes of at least 4 members (excludes halogenated alkanes) is 24. The zero-order chi connectivity index (χ0) is 58.5. The summed E-state index contributed by atoms with van der Waals surface area (Å²) in [7, 11) is 0. The van der Waals surface area contributed by atoms with Crippen LogP contribution < -0.4 is 0 Å². The average Bonchev–Trinajstić information content (AvgIpc) is 3.46. The fraction of sp³-hybridized carbons (Fsp3) is 0.640. The van der Waals surface area contributed by atoms with Gasteiger partial charge in [0.2, 0.25) is 0 Å². The lowest BCUT2D eigenvalue weighted by atomic mass is 10.0. The Morgan fingerprint density at radius 2 is 0.469 bits per heavy atom. The molecular formula is C75H122O6. The Hall–Kier alpha value is -4.71. The van der Waals surface area contributed by atoms with E-state index in [1.54, 1.807) is 0 Å². The van der Waals surface area contributed by atoms with Gasteiger partial charge < -0.3 is 14.2 Å². The highest BCUT2D eigenvalue weighted by Gasteiger charge is 2.19. The molecule has 0 aromatic rings. The highest BCUT2D eigenvalue weighted by Crippen LogP contribution is 2.16. The number of esters is 3. The normalized spacial score (nSPS) is 13.1. The van der Waals surface area contributed by atoms with Gasteiger partial charge in [-0.1, -0.05) is 295 Å². The summed E-state index contributed by atoms with van der Waals surface area (Å²) in [5.74, 6) is -1.01. The highest BCUT2D eigenvalue weighted by molar-refractivity contribution is 5.71. The van der Waals surface area contributed by atoms with E-state index in [2.05, 4.69) is 161 Å². The minimum absolute atomic E-state index is 0.109. The molecule has 81 heavy (non-hydrogen) atoms. The van der Waals surface area contributed by atoms with Crippen LogP contribution in [0.1, 0.15) is 290 Å². The van der Waals surface area contributed by atoms with Gasteiger partial charge in [-0.15, -0.1) is 0 Å². The Balaban J connectivity index is 4.17. The first-order valence-corrected chi connectivity index (χ1v) is 33.3. The van der Waals surface area contributed by atoms with Crippen LogP contribution in [0, 0.1) is 0 Å². The maximum atomic E-state index is 12.9. The predicted molar refractivity (Wildman–Crippen MR) is 352 cm³/mol. The molecule has 0 fully saturated rings. The third-order valence-electron chi connectivity index (χ3n) is 13.8. The fourth-order valence-electron chi connectivity index (χ4n) is 8.97. The van der Waals surface area contributed by atoms with E-state index < -0.39 is 6.10 Å². The standard InChI is InChI=1S/C75H122O6/c1-4-7-10-13-16-19-22-25-27-28-29-30-31-32-33-34-35-36-37-38-39-40-41-42-43-44-45-46-48-50-53-56-59-62-65-68-74(77)80-71-72(70-79-73(76)67-64-61-58-55-52-49-24-21-18-15-12-9-6-3)81-75(78)69-66-63-60-57-54-51-47-26-23-20-17-14-11-8-5-2/h7-12,16-21,25-27,29-30,32-33,47,49,52,58,61,72H,4-6,13-15,22-24,28,31,34-46,48,50-51,53-57,59-60,62-71H2,1-3H3/b10-7-,11-8-,12-9-,19-16-,20-17-,21-18-,27-25-,30-29-,33-32-,47-26-,52-49-,61-58-. The second kappa shape index (κ2) is 67.8. The van der Waals surface area contributed by atoms with Crippen LogP contribution in [0.15, 0.2) is 146 Å². The van der Waals surface area contributed by atoms with E-state index in [0.29, 0.717) is 19.3 Å². The molecule has 0 heterocycles. The van der Waals surface area contributed by atoms with Crippen LogP contribution >= 0.6 is 0 Å². The summed E-state index contributed by atoms with van der Waals surface area (Å²) in [5.41, 5.74) is 0. The molecule has 6 nitrogen and oxygen atoms in total. The summed E-state index contributed by atoms with van der Waals surface area (Å²) in [4.78, 5) is 38.2. The second-order valence-electron chi connectivity index (χ2n) is 21.6. The van der Waals surface area contributed by atoms with Crippen LogP contribution in [-0.4, -0.2) is 37.2 Å². The van der Waals surface area contributed by atoms with Crippen LogP contribution in [0.4, 0.5) is 0 Å². The van der Waals surface area contributed by atoms with Gasteiger partial charge in [-0.25, -0.2) is 0 Å². The second-order valence-corrected chi connectivity index (χ2v) is 21.6. The van der Waals surface area contributed by atoms with Crippen molar-refractivity contribution in [3.63, 3.8) is 0 Å². The highest BCUT2D eigenvalue weighted by atomic mass is 16.6. The van der Waals surface area contributed by atoms with Crippen molar-refractivity contribution < 1.29 is 28.6 Å². The van der Waals surface area contributed by atoms with Crippen LogP contribution in [0.5, 0.6) is 0 Å². The Kier molecular flexibility index (Phi) is 63.9. The summed E-state index contributed by atoms with van der Waals surface area (Å²) in [6.07, 6.45) is 97.6. The van der Waals surface area contributed by atoms with E-state index in [-0.39, 0.29) is 37.5 Å². The molecule has 1 unspecified atom stereocenters. The van der Waals surface area contributed by atoms with Crippen molar-refractivity contribution >= 4 is 17.9 Å². The number of carbonyl (C=O) groups excluding carboxylic acids is 3. The predicted octanol–water partition coefficient (Wildman–Crippen LogP) is 23.1. The van der Waals surface area contributed by atoms with E-state index >= 15 is 0 Å². The number of ether oxygens (including phenoxy) is 3. The lowest BCUT2D eigenvalue weighted by molar-refractivity contribution is -0.166. The molecule has 0 aliphatic heterocycles. The number of allylic oxidation sites excluding steroid dienone is 24. The van der Waals surface area contributed by atoms with Crippen molar-refractivity contribution in [2.24, 2.45) is 0 Å². The van der Waals surface area contributed by atoms with Crippen molar-refractivity contribution in [2.75, 3.05) is 13.2 Å². The van der Waals surface area contributed by atoms with Crippen LogP contribution in [0.2, 0.25) is 0 Å². The molecular weight excluding hydrogens is 997 g/mol. The molecule has 0 saturated heterocycles. The van der Waals surface area contributed by atoms with Gasteiger partial charge in [0.05, 0.1) is 0 Å². The van der Waals surface area contributed by atoms with E-state index in [1.807, 2.05) is 6.08 Å². The first kappa shape index (κ1) is 76.3. The first-order chi connectivity index (χ1) is 40.0. The largest absolute Gasteiger partial charge is 0.462 e. The molecule has 0 saturated carbocycles. The molecule has 0 aromatic carbocycles. The lowest BCUT2D eigenvalue weighted by Crippen LogP contribution is -2.30. The first-order valence-electron chi connectivity index (χ1n) is 33.3. The molecule has 0 aromatic heterocycles. The van der Waals surface area contributed by atoms with Crippen LogP contribution in [0.25, 0.3) is 0 Å². The van der Waals surface area contributed by atoms with E-state index in [1.165, 1.54) is 109 Å². The van der Waals surface area contributed by atoms with Gasteiger partial charge in [0.25, 0.3) is 0 Å². The summed E-state index contributed by atoms with van der Waals surface area (Å²) < 4.78 is 16.8. The third kappa shape index (κ3) is 66.0. The van der Waals surface area contributed by atoms with Gasteiger partial charge in [-0.05, 0) is 122 Å². The Labute approximate surface area is 499 Å². The van der Waals surface area contributed by atoms with Gasteiger partial charge in [0, 0.05) is 19.3 Å². The summed E-state index contributed by atoms with van der Waals surface area (Å²) >= 11 is 0. The molecule has 0 aliphatic rings. The smallest absolute Gasteiger partial charge is 0.306 e. The summed E-state index contributed by atoms with van der Waals surface area (Å²) in [5, 5.41) is 0. The third-order valence-corrected chi connectivity index (χ3v) is 13.8. The van der Waals surface area contributed by atoms with Crippen molar-refractivity contribution in [1.82, 2.24) is 0 Å². The quantitative estimate of drug-likeness (QED) is 0.0261. The SMILES string of the molecule is CC/C=C\C/C=C\C/C=C\C/C=C\C/C=C\CCCCCCCCCCCCCCCCCCCCCC(=O)OCC(COC(=O)CC/C=C\C/C=C\C/C=C\C/C=C\CC)OC(=O)CCCCCCC/C=C\C/C=C\C/C=C\CC. The van der Waals surface area contributed by atoms with E-state index in [0.717, 1.165) is 135 Å². The fourth-order valence-corrected chi connectivity index (χ4v) is 8.97. The minimum Gasteiger partial charge on any atom is -0.462 e. The monoisotopic (exact) mass is 1120 g/mol. The van der Waals surface area contributed by atoms with Gasteiger partial charge >= 0.3 is 17.9 Å². The van der Waals surface area contributed by atoms with Gasteiger partial charge in [0.15, 0.2) is 6.10 Å². The Bertz CT molecular complexity index is 1760. The number of hydrogen-bond donors (Lipinski definition) is 0. The zero-order valence-electron chi connectivity index (χ0n) is 52.5. The molecule has 0 radical (unpaired) electrons. The van der Waals surface area contributed by atoms with Crippen molar-refractivity contribution in [2.45, 2.75) is 297 Å². The number of rotatable bonds is 59. The molecule has 0 spiro atoms. The zero-order valence-corrected chi connectivity index (χ0v) is 52.5. The minimum atomic E-state index is -0.820. The van der Waals surface area contributed by atoms with E-state index in [4.69, 9.17) is 14.2 Å². The molecule has 0 rings (SSSR count). The molecule has 0 bridgehead atoms. The van der Waals surface area contributed by atoms with Crippen molar-refractivity contribution in [3.05, 3.63) is 146 Å². The summed E-state index contributed by atoms with van der Waals surface area (Å²) in [6.45, 7) is 6.23. The molecule has 0 aliphatic carbocycles. The number of hydrogen-bond acceptors (Lipinski definition) is 6.